The Morgan fingerprint density at radius 1 is 0.444 bits per heavy atom. The molecule has 0 fully saturated rings. The summed E-state index contributed by atoms with van der Waals surface area (Å²) in [7, 11) is 0. The maximum Gasteiger partial charge on any atom is 0.460 e. The molecule has 0 aliphatic carbocycles. The number of hydrogen-bond donors (Lipinski definition) is 0. The highest BCUT2D eigenvalue weighted by molar-refractivity contribution is 5.60. The molecule has 0 rings (SSSR count). The number of carbonyl (C=O) groups is 1. The number of halogens is 15. The first-order chi connectivity index (χ1) is 11.3. The van der Waals surface area contributed by atoms with E-state index in [1.807, 2.05) is 0 Å². The average molecular weight is 440 g/mol. The van der Waals surface area contributed by atoms with Crippen molar-refractivity contribution in [3.05, 3.63) is 0 Å². The molecule has 0 aliphatic heterocycles. The van der Waals surface area contributed by atoms with E-state index in [4.69, 9.17) is 0 Å². The van der Waals surface area contributed by atoms with Crippen LogP contribution in [0, 0.1) is 5.41 Å². The zero-order valence-corrected chi connectivity index (χ0v) is 12.7. The number of aldehydes is 1. The van der Waals surface area contributed by atoms with E-state index in [1.54, 1.807) is 0 Å². The minimum atomic E-state index is -8.34. The van der Waals surface area contributed by atoms with Gasteiger partial charge in [0.25, 0.3) is 0 Å². The second-order valence-electron chi connectivity index (χ2n) is 5.78. The van der Waals surface area contributed by atoms with Crippen molar-refractivity contribution in [1.82, 2.24) is 0 Å². The fourth-order valence-electron chi connectivity index (χ4n) is 1.45. The van der Waals surface area contributed by atoms with Gasteiger partial charge in [-0.2, -0.15) is 65.9 Å². The van der Waals surface area contributed by atoms with Crippen LogP contribution in [0.2, 0.25) is 0 Å². The normalized spacial score (nSPS) is 16.5. The minimum Gasteiger partial charge on any atom is -0.303 e. The van der Waals surface area contributed by atoms with Crippen LogP contribution in [0.1, 0.15) is 13.8 Å². The van der Waals surface area contributed by atoms with Gasteiger partial charge in [-0.25, -0.2) is 0 Å². The third-order valence-electron chi connectivity index (χ3n) is 3.43. The van der Waals surface area contributed by atoms with Gasteiger partial charge in [-0.3, -0.25) is 0 Å². The average Bonchev–Trinajstić information content (AvgIpc) is 2.44. The molecule has 0 bridgehead atoms. The van der Waals surface area contributed by atoms with Crippen molar-refractivity contribution in [2.45, 2.75) is 55.6 Å². The molecule has 0 radical (unpaired) electrons. The van der Waals surface area contributed by atoms with E-state index in [0.717, 1.165) is 0 Å². The van der Waals surface area contributed by atoms with Gasteiger partial charge < -0.3 is 4.79 Å². The van der Waals surface area contributed by atoms with E-state index in [-0.39, 0.29) is 13.8 Å². The molecule has 0 aromatic carbocycles. The maximum absolute atomic E-state index is 13.5. The number of rotatable bonds is 7. The first kappa shape index (κ1) is 25.6. The minimum absolute atomic E-state index is 0.232. The van der Waals surface area contributed by atoms with Gasteiger partial charge in [0.15, 0.2) is 0 Å². The SMILES string of the molecule is CC(C)(C=O)C(F)(F)C(F)(F)C(F)(F)C(F)(F)C(F)(F)C(F)(F)C(F)(F)F. The summed E-state index contributed by atoms with van der Waals surface area (Å²) >= 11 is 0. The van der Waals surface area contributed by atoms with E-state index >= 15 is 0 Å². The topological polar surface area (TPSA) is 17.1 Å². The van der Waals surface area contributed by atoms with Crippen LogP contribution in [0.5, 0.6) is 0 Å². The summed E-state index contributed by atoms with van der Waals surface area (Å²) < 4.78 is 193. The summed E-state index contributed by atoms with van der Waals surface area (Å²) in [6, 6.07) is 0. The highest BCUT2D eigenvalue weighted by Crippen LogP contribution is 2.64. The Balaban J connectivity index is 6.69. The van der Waals surface area contributed by atoms with Crippen molar-refractivity contribution in [3.63, 3.8) is 0 Å². The molecule has 0 aromatic heterocycles. The molecule has 0 saturated carbocycles. The smallest absolute Gasteiger partial charge is 0.303 e. The van der Waals surface area contributed by atoms with Crippen LogP contribution in [-0.2, 0) is 4.79 Å². The fourth-order valence-corrected chi connectivity index (χ4v) is 1.45. The first-order valence-corrected chi connectivity index (χ1v) is 6.11. The highest BCUT2D eigenvalue weighted by atomic mass is 19.4. The Hall–Kier alpha value is -1.38. The van der Waals surface area contributed by atoms with E-state index in [9.17, 15) is 70.7 Å². The van der Waals surface area contributed by atoms with E-state index < -0.39 is 53.4 Å². The van der Waals surface area contributed by atoms with E-state index in [1.165, 1.54) is 0 Å². The molecular weight excluding hydrogens is 433 g/mol. The van der Waals surface area contributed by atoms with E-state index in [2.05, 4.69) is 0 Å². The van der Waals surface area contributed by atoms with Crippen LogP contribution in [-0.4, -0.2) is 48.0 Å². The molecule has 27 heavy (non-hydrogen) atoms. The van der Waals surface area contributed by atoms with Gasteiger partial charge in [-0.05, 0) is 13.8 Å². The quantitative estimate of drug-likeness (QED) is 0.373. The summed E-state index contributed by atoms with van der Waals surface area (Å²) in [6.45, 7) is -0.463. The lowest BCUT2D eigenvalue weighted by Crippen LogP contribution is -2.74. The molecule has 0 N–H and O–H groups in total. The van der Waals surface area contributed by atoms with Crippen LogP contribution < -0.4 is 0 Å². The van der Waals surface area contributed by atoms with Crippen molar-refractivity contribution in [2.75, 3.05) is 0 Å². The summed E-state index contributed by atoms with van der Waals surface area (Å²) in [5.74, 6) is -47.1. The molecule has 0 saturated heterocycles. The monoisotopic (exact) mass is 440 g/mol. The predicted octanol–water partition coefficient (Wildman–Crippen LogP) is 5.59. The predicted molar refractivity (Wildman–Crippen MR) is 55.6 cm³/mol. The van der Waals surface area contributed by atoms with Gasteiger partial charge in [0.1, 0.15) is 6.29 Å². The molecule has 0 unspecified atom stereocenters. The van der Waals surface area contributed by atoms with Gasteiger partial charge in [0.2, 0.25) is 0 Å². The molecule has 1 nitrogen and oxygen atoms in total. The zero-order valence-electron chi connectivity index (χ0n) is 12.7. The Labute approximate surface area is 139 Å². The van der Waals surface area contributed by atoms with Crippen molar-refractivity contribution >= 4 is 6.29 Å². The summed E-state index contributed by atoms with van der Waals surface area (Å²) in [5, 5.41) is 0. The van der Waals surface area contributed by atoms with Crippen molar-refractivity contribution < 1.29 is 70.7 Å². The third kappa shape index (κ3) is 3.02. The molecule has 16 heteroatoms. The van der Waals surface area contributed by atoms with Crippen LogP contribution in [0.25, 0.3) is 0 Å². The van der Waals surface area contributed by atoms with E-state index in [0.29, 0.717) is 0 Å². The van der Waals surface area contributed by atoms with Crippen LogP contribution in [0.4, 0.5) is 65.9 Å². The third-order valence-corrected chi connectivity index (χ3v) is 3.43. The van der Waals surface area contributed by atoms with Gasteiger partial charge in [-0.1, -0.05) is 0 Å². The molecule has 0 amide bonds. The highest BCUT2D eigenvalue weighted by Gasteiger charge is 2.94. The molecule has 0 heterocycles. The van der Waals surface area contributed by atoms with Crippen molar-refractivity contribution in [1.29, 1.82) is 0 Å². The number of hydrogen-bond acceptors (Lipinski definition) is 1. The number of carbonyl (C=O) groups excluding carboxylic acids is 1. The zero-order chi connectivity index (χ0) is 22.7. The van der Waals surface area contributed by atoms with Crippen LogP contribution in [0.15, 0.2) is 0 Å². The van der Waals surface area contributed by atoms with Gasteiger partial charge in [-0.15, -0.1) is 0 Å². The van der Waals surface area contributed by atoms with Gasteiger partial charge in [0.05, 0.1) is 5.41 Å². The Kier molecular flexibility index (Phi) is 5.75. The summed E-state index contributed by atoms with van der Waals surface area (Å²) in [5.41, 5.74) is -3.95. The van der Waals surface area contributed by atoms with Gasteiger partial charge in [0, 0.05) is 0 Å². The Morgan fingerprint density at radius 3 is 0.889 bits per heavy atom. The largest absolute Gasteiger partial charge is 0.460 e. The molecule has 0 spiro atoms. The molecule has 162 valence electrons. The van der Waals surface area contributed by atoms with Crippen LogP contribution >= 0.6 is 0 Å². The standard InChI is InChI=1S/C11H7F15O/c1-4(2,3-27)5(12,13)6(14,15)7(16,17)8(18,19)9(20,21)10(22,23)11(24,25)26/h3H,1-2H3. The maximum atomic E-state index is 13.5. The second-order valence-corrected chi connectivity index (χ2v) is 5.78. The Morgan fingerprint density at radius 2 is 0.667 bits per heavy atom. The fraction of sp³-hybridized carbons (Fsp3) is 0.909. The lowest BCUT2D eigenvalue weighted by atomic mass is 9.79. The lowest BCUT2D eigenvalue weighted by Gasteiger charge is -2.43. The summed E-state index contributed by atoms with van der Waals surface area (Å²) in [4.78, 5) is 10.3. The molecule has 0 atom stereocenters. The number of alkyl halides is 15. The Bertz CT molecular complexity index is 571. The molecular formula is C11H7F15O. The van der Waals surface area contributed by atoms with Crippen molar-refractivity contribution in [3.8, 4) is 0 Å². The first-order valence-electron chi connectivity index (χ1n) is 6.11. The summed E-state index contributed by atoms with van der Waals surface area (Å²) in [6.07, 6.45) is -8.81. The van der Waals surface area contributed by atoms with Gasteiger partial charge >= 0.3 is 41.7 Å². The molecule has 0 aromatic rings. The lowest BCUT2D eigenvalue weighted by molar-refractivity contribution is -0.455. The molecule has 0 aliphatic rings. The second kappa shape index (κ2) is 6.06. The van der Waals surface area contributed by atoms with Crippen molar-refractivity contribution in [2.24, 2.45) is 5.41 Å². The van der Waals surface area contributed by atoms with Crippen LogP contribution in [0.3, 0.4) is 0 Å².